The van der Waals surface area contributed by atoms with Crippen molar-refractivity contribution >= 4 is 25.4 Å². The smallest absolute Gasteiger partial charge is 0.316 e. The summed E-state index contributed by atoms with van der Waals surface area (Å²) in [5.41, 5.74) is 8.19. The molecule has 3 rings (SSSR count). The molecule has 3 aromatic carbocycles. The van der Waals surface area contributed by atoms with Crippen LogP contribution in [0.1, 0.15) is 52.7 Å². The number of amides is 1. The molecular formula is C32H42N2O3Si. The predicted octanol–water partition coefficient (Wildman–Crippen LogP) is 5.28. The van der Waals surface area contributed by atoms with Gasteiger partial charge in [-0.3, -0.25) is 9.59 Å². The molecule has 0 radical (unpaired) electrons. The Morgan fingerprint density at radius 2 is 1.16 bits per heavy atom. The Balaban J connectivity index is 1.95. The van der Waals surface area contributed by atoms with E-state index in [0.29, 0.717) is 12.8 Å². The Labute approximate surface area is 228 Å². The first-order valence-corrected chi connectivity index (χ1v) is 15.2. The number of carbonyl (C=O) groups is 2. The van der Waals surface area contributed by atoms with Gasteiger partial charge in [0.2, 0.25) is 5.91 Å². The summed E-state index contributed by atoms with van der Waals surface area (Å²) < 4.78 is 6.73. The number of rotatable bonds is 9. The van der Waals surface area contributed by atoms with Crippen LogP contribution < -0.4 is 16.2 Å². The van der Waals surface area contributed by atoms with Crippen molar-refractivity contribution in [2.24, 2.45) is 5.73 Å². The van der Waals surface area contributed by atoms with Gasteiger partial charge in [0, 0.05) is 6.42 Å². The largest absolute Gasteiger partial charge is 0.512 e. The molecule has 1 amide bonds. The van der Waals surface area contributed by atoms with Crippen LogP contribution >= 0.6 is 0 Å². The van der Waals surface area contributed by atoms with Crippen molar-refractivity contribution in [1.82, 2.24) is 5.32 Å². The average Bonchev–Trinajstić information content (AvgIpc) is 2.87. The van der Waals surface area contributed by atoms with Crippen molar-refractivity contribution in [2.45, 2.75) is 76.5 Å². The van der Waals surface area contributed by atoms with E-state index in [1.807, 2.05) is 78.9 Å². The second kappa shape index (κ2) is 12.1. The van der Waals surface area contributed by atoms with E-state index in [1.54, 1.807) is 0 Å². The third-order valence-electron chi connectivity index (χ3n) is 7.07. The molecule has 0 aliphatic carbocycles. The predicted molar refractivity (Wildman–Crippen MR) is 158 cm³/mol. The zero-order valence-electron chi connectivity index (χ0n) is 23.5. The van der Waals surface area contributed by atoms with Crippen molar-refractivity contribution in [3.8, 4) is 0 Å². The molecule has 0 aliphatic rings. The quantitative estimate of drug-likeness (QED) is 0.369. The molecule has 0 aromatic heterocycles. The van der Waals surface area contributed by atoms with E-state index in [-0.39, 0.29) is 16.0 Å². The summed E-state index contributed by atoms with van der Waals surface area (Å²) >= 11 is 0. The molecule has 0 saturated carbocycles. The zero-order chi connectivity index (χ0) is 28.0. The second-order valence-electron chi connectivity index (χ2n) is 12.0. The van der Waals surface area contributed by atoms with Crippen molar-refractivity contribution in [1.29, 1.82) is 0 Å². The van der Waals surface area contributed by atoms with E-state index in [1.165, 1.54) is 0 Å². The summed E-state index contributed by atoms with van der Waals surface area (Å²) in [7, 11) is -2.99. The molecule has 3 N–H and O–H groups in total. The maximum Gasteiger partial charge on any atom is 0.316 e. The van der Waals surface area contributed by atoms with Crippen molar-refractivity contribution in [3.63, 3.8) is 0 Å². The highest BCUT2D eigenvalue weighted by Gasteiger charge is 2.59. The standard InChI is InChI=1S/C32H42N2O3Si/c1-31(2,3)38(32(4,5)6,26-20-14-9-15-21-26)37-30(36)28(23-25-18-12-8-13-19-25)34-29(35)27(33)22-24-16-10-7-11-17-24/h7-21,27-28H,22-23,33H2,1-6H3,(H,34,35)/t27-,28-/m0/s1. The first-order chi connectivity index (χ1) is 17.8. The Bertz CT molecular complexity index is 1170. The van der Waals surface area contributed by atoms with Gasteiger partial charge in [-0.15, -0.1) is 0 Å². The number of hydrogen-bond acceptors (Lipinski definition) is 4. The van der Waals surface area contributed by atoms with Crippen LogP contribution in [-0.4, -0.2) is 32.3 Å². The maximum atomic E-state index is 14.1. The highest BCUT2D eigenvalue weighted by Crippen LogP contribution is 2.51. The van der Waals surface area contributed by atoms with Gasteiger partial charge in [-0.2, -0.15) is 0 Å². The van der Waals surface area contributed by atoms with Crippen LogP contribution in [0.2, 0.25) is 10.1 Å². The lowest BCUT2D eigenvalue weighted by molar-refractivity contribution is -0.140. The Hall–Kier alpha value is -3.22. The van der Waals surface area contributed by atoms with Gasteiger partial charge in [0.1, 0.15) is 6.04 Å². The lowest BCUT2D eigenvalue weighted by Crippen LogP contribution is -2.66. The third-order valence-corrected chi connectivity index (χ3v) is 12.9. The van der Waals surface area contributed by atoms with Gasteiger partial charge in [-0.25, -0.2) is 0 Å². The number of nitrogens with one attached hydrogen (secondary N) is 1. The lowest BCUT2D eigenvalue weighted by Gasteiger charge is -2.50. The summed E-state index contributed by atoms with van der Waals surface area (Å²) in [6.45, 7) is 12.9. The first-order valence-electron chi connectivity index (χ1n) is 13.3. The molecule has 2 atom stereocenters. The molecule has 0 aliphatic heterocycles. The molecule has 0 unspecified atom stereocenters. The summed E-state index contributed by atoms with van der Waals surface area (Å²) in [5, 5.41) is 3.38. The minimum Gasteiger partial charge on any atom is -0.512 e. The van der Waals surface area contributed by atoms with Crippen LogP contribution in [0.15, 0.2) is 91.0 Å². The van der Waals surface area contributed by atoms with E-state index in [2.05, 4.69) is 59.0 Å². The van der Waals surface area contributed by atoms with E-state index in [4.69, 9.17) is 10.2 Å². The maximum absolute atomic E-state index is 14.1. The molecule has 5 nitrogen and oxygen atoms in total. The highest BCUT2D eigenvalue weighted by molar-refractivity contribution is 6.92. The van der Waals surface area contributed by atoms with Crippen molar-refractivity contribution in [3.05, 3.63) is 102 Å². The van der Waals surface area contributed by atoms with Gasteiger partial charge in [0.15, 0.2) is 0 Å². The van der Waals surface area contributed by atoms with E-state index >= 15 is 0 Å². The van der Waals surface area contributed by atoms with Gasteiger partial charge in [0.05, 0.1) is 6.04 Å². The Morgan fingerprint density at radius 3 is 1.61 bits per heavy atom. The van der Waals surface area contributed by atoms with Crippen LogP contribution in [0.5, 0.6) is 0 Å². The van der Waals surface area contributed by atoms with Crippen LogP contribution in [0, 0.1) is 0 Å². The number of benzene rings is 3. The van der Waals surface area contributed by atoms with Gasteiger partial charge < -0.3 is 15.5 Å². The molecule has 0 bridgehead atoms. The normalized spacial score (nSPS) is 13.9. The summed E-state index contributed by atoms with van der Waals surface area (Å²) in [6.07, 6.45) is 0.698. The average molecular weight is 531 g/mol. The van der Waals surface area contributed by atoms with Gasteiger partial charge >= 0.3 is 5.97 Å². The first kappa shape index (κ1) is 29.3. The Morgan fingerprint density at radius 1 is 0.737 bits per heavy atom. The Kier molecular flexibility index (Phi) is 9.34. The van der Waals surface area contributed by atoms with Gasteiger partial charge in [-0.05, 0) is 32.8 Å². The zero-order valence-corrected chi connectivity index (χ0v) is 24.5. The lowest BCUT2D eigenvalue weighted by atomic mass is 10.0. The fraction of sp³-hybridized carbons (Fsp3) is 0.375. The van der Waals surface area contributed by atoms with Gasteiger partial charge in [0.25, 0.3) is 8.32 Å². The van der Waals surface area contributed by atoms with E-state index in [9.17, 15) is 9.59 Å². The van der Waals surface area contributed by atoms with Crippen LogP contribution in [0.3, 0.4) is 0 Å². The molecule has 0 fully saturated rings. The summed E-state index contributed by atoms with van der Waals surface area (Å²) in [4.78, 5) is 27.4. The van der Waals surface area contributed by atoms with Crippen molar-refractivity contribution < 1.29 is 14.0 Å². The monoisotopic (exact) mass is 530 g/mol. The molecular weight excluding hydrogens is 488 g/mol. The molecule has 6 heteroatoms. The fourth-order valence-corrected chi connectivity index (χ4v) is 11.4. The van der Waals surface area contributed by atoms with E-state index < -0.39 is 26.4 Å². The summed E-state index contributed by atoms with van der Waals surface area (Å²) in [5.74, 6) is -0.792. The van der Waals surface area contributed by atoms with E-state index in [0.717, 1.165) is 16.3 Å². The minimum absolute atomic E-state index is 0.312. The van der Waals surface area contributed by atoms with Crippen LogP contribution in [0.4, 0.5) is 0 Å². The molecule has 0 spiro atoms. The van der Waals surface area contributed by atoms with Gasteiger partial charge in [-0.1, -0.05) is 133 Å². The molecule has 38 heavy (non-hydrogen) atoms. The molecule has 3 aromatic rings. The summed E-state index contributed by atoms with van der Waals surface area (Å²) in [6, 6.07) is 27.8. The second-order valence-corrected chi connectivity index (χ2v) is 17.2. The molecule has 0 saturated heterocycles. The van der Waals surface area contributed by atoms with Crippen molar-refractivity contribution in [2.75, 3.05) is 0 Å². The fourth-order valence-electron chi connectivity index (χ4n) is 5.53. The van der Waals surface area contributed by atoms with Crippen LogP contribution in [0.25, 0.3) is 0 Å². The molecule has 202 valence electrons. The minimum atomic E-state index is -2.99. The third kappa shape index (κ3) is 6.80. The molecule has 0 heterocycles. The number of hydrogen-bond donors (Lipinski definition) is 2. The topological polar surface area (TPSA) is 81.4 Å². The highest BCUT2D eigenvalue weighted by atomic mass is 28.4. The number of carbonyl (C=O) groups excluding carboxylic acids is 2. The SMILES string of the molecule is CC(C)(C)[Si](OC(=O)[C@H](Cc1ccccc1)NC(=O)[C@@H](N)Cc1ccccc1)(c1ccccc1)C(C)(C)C. The van der Waals surface area contributed by atoms with Crippen LogP contribution in [-0.2, 0) is 26.9 Å². The number of nitrogens with two attached hydrogens (primary N) is 1.